The Labute approximate surface area is 132 Å². The van der Waals surface area contributed by atoms with E-state index in [-0.39, 0.29) is 5.91 Å². The lowest BCUT2D eigenvalue weighted by molar-refractivity contribution is 0.0767. The lowest BCUT2D eigenvalue weighted by atomic mass is 10.2. The Kier molecular flexibility index (Phi) is 4.11. The summed E-state index contributed by atoms with van der Waals surface area (Å²) >= 11 is 1.52. The number of thiazole rings is 1. The number of rotatable bonds is 4. The molecule has 0 unspecified atom stereocenters. The molecule has 0 bridgehead atoms. The second-order valence-electron chi connectivity index (χ2n) is 4.72. The average Bonchev–Trinajstić information content (AvgIpc) is 2.99. The van der Waals surface area contributed by atoms with Crippen molar-refractivity contribution in [3.63, 3.8) is 0 Å². The van der Waals surface area contributed by atoms with Crippen molar-refractivity contribution in [1.29, 1.82) is 0 Å². The molecule has 6 heteroatoms. The van der Waals surface area contributed by atoms with Crippen LogP contribution < -0.4 is 0 Å². The molecule has 5 nitrogen and oxygen atoms in total. The monoisotopic (exact) mass is 312 g/mol. The number of hydrogen-bond acceptors (Lipinski definition) is 5. The predicted octanol–water partition coefficient (Wildman–Crippen LogP) is 3.24. The molecule has 1 amide bonds. The summed E-state index contributed by atoms with van der Waals surface area (Å²) in [4.78, 5) is 27.5. The molecule has 0 N–H and O–H groups in total. The molecule has 2 heterocycles. The van der Waals surface area contributed by atoms with Gasteiger partial charge in [-0.2, -0.15) is 0 Å². The highest BCUT2D eigenvalue weighted by Crippen LogP contribution is 2.30. The molecule has 0 aliphatic carbocycles. The summed E-state index contributed by atoms with van der Waals surface area (Å²) in [5, 5.41) is 0.727. The van der Waals surface area contributed by atoms with E-state index in [9.17, 15) is 4.79 Å². The van der Waals surface area contributed by atoms with Crippen LogP contribution in [0.4, 0.5) is 0 Å². The quantitative estimate of drug-likeness (QED) is 0.742. The molecule has 0 radical (unpaired) electrons. The molecular formula is C16H16N4OS. The summed E-state index contributed by atoms with van der Waals surface area (Å²) in [5.74, 6) is -0.104. The number of carbonyl (C=O) groups is 1. The summed E-state index contributed by atoms with van der Waals surface area (Å²) in [5.41, 5.74) is 1.83. The molecule has 3 rings (SSSR count). The third kappa shape index (κ3) is 2.57. The van der Waals surface area contributed by atoms with E-state index >= 15 is 0 Å². The van der Waals surface area contributed by atoms with Gasteiger partial charge in [0.15, 0.2) is 5.69 Å². The Morgan fingerprint density at radius 1 is 1.14 bits per heavy atom. The van der Waals surface area contributed by atoms with E-state index in [1.165, 1.54) is 11.3 Å². The van der Waals surface area contributed by atoms with Crippen LogP contribution in [0.3, 0.4) is 0 Å². The van der Waals surface area contributed by atoms with Gasteiger partial charge >= 0.3 is 0 Å². The number of hydrogen-bond donors (Lipinski definition) is 0. The summed E-state index contributed by atoms with van der Waals surface area (Å²) in [6.07, 6.45) is 3.15. The van der Waals surface area contributed by atoms with E-state index in [0.29, 0.717) is 24.5 Å². The van der Waals surface area contributed by atoms with Gasteiger partial charge in [0.1, 0.15) is 10.7 Å². The Bertz CT molecular complexity index is 778. The third-order valence-electron chi connectivity index (χ3n) is 3.45. The van der Waals surface area contributed by atoms with E-state index in [4.69, 9.17) is 0 Å². The first kappa shape index (κ1) is 14.6. The largest absolute Gasteiger partial charge is 0.338 e. The zero-order valence-electron chi connectivity index (χ0n) is 12.5. The van der Waals surface area contributed by atoms with Crippen molar-refractivity contribution in [2.75, 3.05) is 13.1 Å². The number of fused-ring (bicyclic) bond motifs is 1. The van der Waals surface area contributed by atoms with Gasteiger partial charge in [-0.05, 0) is 26.0 Å². The van der Waals surface area contributed by atoms with Crippen molar-refractivity contribution in [3.05, 3.63) is 42.4 Å². The molecule has 22 heavy (non-hydrogen) atoms. The van der Waals surface area contributed by atoms with Gasteiger partial charge in [-0.25, -0.2) is 15.0 Å². The molecule has 0 aliphatic rings. The lowest BCUT2D eigenvalue weighted by Crippen LogP contribution is -2.31. The highest BCUT2D eigenvalue weighted by Gasteiger charge is 2.21. The van der Waals surface area contributed by atoms with Crippen LogP contribution in [-0.2, 0) is 0 Å². The molecule has 0 aliphatic heterocycles. The minimum absolute atomic E-state index is 0.104. The highest BCUT2D eigenvalue weighted by molar-refractivity contribution is 7.21. The zero-order chi connectivity index (χ0) is 15.5. The Balaban J connectivity index is 2.09. The van der Waals surface area contributed by atoms with Gasteiger partial charge < -0.3 is 4.90 Å². The van der Waals surface area contributed by atoms with Gasteiger partial charge in [0.2, 0.25) is 0 Å². The van der Waals surface area contributed by atoms with Gasteiger partial charge in [-0.15, -0.1) is 11.3 Å². The minimum atomic E-state index is -0.104. The van der Waals surface area contributed by atoms with Gasteiger partial charge in [0.25, 0.3) is 5.91 Å². The summed E-state index contributed by atoms with van der Waals surface area (Å²) in [6.45, 7) is 5.20. The first-order chi connectivity index (χ1) is 10.7. The average molecular weight is 312 g/mol. The van der Waals surface area contributed by atoms with Crippen molar-refractivity contribution in [2.24, 2.45) is 0 Å². The van der Waals surface area contributed by atoms with E-state index < -0.39 is 0 Å². The highest BCUT2D eigenvalue weighted by atomic mass is 32.1. The molecule has 2 aromatic heterocycles. The molecule has 0 fully saturated rings. The van der Waals surface area contributed by atoms with Crippen LogP contribution in [0, 0.1) is 0 Å². The Hall–Kier alpha value is -2.34. The van der Waals surface area contributed by atoms with E-state index in [0.717, 1.165) is 15.2 Å². The SMILES string of the molecule is CCN(CC)C(=O)c1nccnc1-c1nc2ccccc2s1. The maximum absolute atomic E-state index is 12.6. The molecule has 0 spiro atoms. The maximum Gasteiger partial charge on any atom is 0.274 e. The fraction of sp³-hybridized carbons (Fsp3) is 0.250. The Morgan fingerprint density at radius 3 is 2.59 bits per heavy atom. The van der Waals surface area contributed by atoms with Crippen LogP contribution in [0.15, 0.2) is 36.7 Å². The number of benzene rings is 1. The first-order valence-corrected chi connectivity index (χ1v) is 8.02. The lowest BCUT2D eigenvalue weighted by Gasteiger charge is -2.18. The fourth-order valence-electron chi connectivity index (χ4n) is 2.29. The Morgan fingerprint density at radius 2 is 1.86 bits per heavy atom. The summed E-state index contributed by atoms with van der Waals surface area (Å²) < 4.78 is 1.07. The maximum atomic E-state index is 12.6. The molecule has 0 saturated carbocycles. The molecular weight excluding hydrogens is 296 g/mol. The fourth-order valence-corrected chi connectivity index (χ4v) is 3.25. The number of nitrogens with zero attached hydrogens (tertiary/aromatic N) is 4. The van der Waals surface area contributed by atoms with E-state index in [1.807, 2.05) is 38.1 Å². The van der Waals surface area contributed by atoms with E-state index in [1.54, 1.807) is 17.3 Å². The van der Waals surface area contributed by atoms with Crippen LogP contribution in [0.25, 0.3) is 20.9 Å². The topological polar surface area (TPSA) is 59.0 Å². The number of carbonyl (C=O) groups excluding carboxylic acids is 1. The molecule has 3 aromatic rings. The molecule has 0 atom stereocenters. The second kappa shape index (κ2) is 6.19. The van der Waals surface area contributed by atoms with E-state index in [2.05, 4.69) is 15.0 Å². The van der Waals surface area contributed by atoms with Crippen LogP contribution >= 0.6 is 11.3 Å². The molecule has 112 valence electrons. The van der Waals surface area contributed by atoms with Crippen LogP contribution in [0.5, 0.6) is 0 Å². The van der Waals surface area contributed by atoms with Crippen molar-refractivity contribution >= 4 is 27.5 Å². The zero-order valence-corrected chi connectivity index (χ0v) is 13.3. The number of aromatic nitrogens is 3. The van der Waals surface area contributed by atoms with Crippen molar-refractivity contribution < 1.29 is 4.79 Å². The standard InChI is InChI=1S/C16H16N4OS/c1-3-20(4-2)16(21)14-13(17-9-10-18-14)15-19-11-7-5-6-8-12(11)22-15/h5-10H,3-4H2,1-2H3. The smallest absolute Gasteiger partial charge is 0.274 e. The van der Waals surface area contributed by atoms with Gasteiger partial charge in [-0.3, -0.25) is 4.79 Å². The van der Waals surface area contributed by atoms with Crippen molar-refractivity contribution in [3.8, 4) is 10.7 Å². The normalized spacial score (nSPS) is 10.8. The van der Waals surface area contributed by atoms with Crippen LogP contribution in [0.2, 0.25) is 0 Å². The molecule has 0 saturated heterocycles. The van der Waals surface area contributed by atoms with Gasteiger partial charge in [0.05, 0.1) is 10.2 Å². The van der Waals surface area contributed by atoms with Crippen molar-refractivity contribution in [1.82, 2.24) is 19.9 Å². The number of para-hydroxylation sites is 1. The van der Waals surface area contributed by atoms with Gasteiger partial charge in [0, 0.05) is 25.5 Å². The van der Waals surface area contributed by atoms with Crippen LogP contribution in [-0.4, -0.2) is 38.8 Å². The van der Waals surface area contributed by atoms with Crippen LogP contribution in [0.1, 0.15) is 24.3 Å². The summed E-state index contributed by atoms with van der Waals surface area (Å²) in [6, 6.07) is 7.89. The first-order valence-electron chi connectivity index (χ1n) is 7.20. The predicted molar refractivity (Wildman–Crippen MR) is 87.9 cm³/mol. The third-order valence-corrected chi connectivity index (χ3v) is 4.49. The van der Waals surface area contributed by atoms with Gasteiger partial charge in [-0.1, -0.05) is 12.1 Å². The van der Waals surface area contributed by atoms with Crippen molar-refractivity contribution in [2.45, 2.75) is 13.8 Å². The second-order valence-corrected chi connectivity index (χ2v) is 5.75. The number of amides is 1. The summed E-state index contributed by atoms with van der Waals surface area (Å²) in [7, 11) is 0. The minimum Gasteiger partial charge on any atom is -0.338 e. The molecule has 1 aromatic carbocycles.